The molecule has 2 N–H and O–H groups in total. The largest absolute Gasteiger partial charge is 0.353 e. The van der Waals surface area contributed by atoms with Crippen molar-refractivity contribution in [2.75, 3.05) is 12.8 Å². The maximum atomic E-state index is 11.5. The lowest BCUT2D eigenvalue weighted by Crippen LogP contribution is -2.27. The molecule has 0 aliphatic heterocycles. The number of nitrogens with one attached hydrogen (secondary N) is 2. The molecule has 0 aromatic carbocycles. The lowest BCUT2D eigenvalue weighted by molar-refractivity contribution is -0.118. The van der Waals surface area contributed by atoms with E-state index in [9.17, 15) is 4.79 Å². The Balaban J connectivity index is 1.80. The highest BCUT2D eigenvalue weighted by Gasteiger charge is 2.22. The van der Waals surface area contributed by atoms with Crippen molar-refractivity contribution in [1.82, 2.24) is 15.6 Å². The third-order valence-corrected chi connectivity index (χ3v) is 3.93. The van der Waals surface area contributed by atoms with Crippen LogP contribution in [0.15, 0.2) is 23.4 Å². The van der Waals surface area contributed by atoms with Crippen LogP contribution in [0.5, 0.6) is 0 Å². The van der Waals surface area contributed by atoms with Crippen LogP contribution in [0.1, 0.15) is 31.4 Å². The summed E-state index contributed by atoms with van der Waals surface area (Å²) < 4.78 is 0. The van der Waals surface area contributed by atoms with E-state index in [1.165, 1.54) is 11.8 Å². The molecule has 4 nitrogen and oxygen atoms in total. The number of aromatic nitrogens is 1. The van der Waals surface area contributed by atoms with E-state index in [1.54, 1.807) is 0 Å². The van der Waals surface area contributed by atoms with E-state index in [1.807, 2.05) is 19.3 Å². The number of pyridine rings is 1. The van der Waals surface area contributed by atoms with E-state index in [4.69, 9.17) is 0 Å². The molecule has 0 spiro atoms. The lowest BCUT2D eigenvalue weighted by Gasteiger charge is -2.10. The van der Waals surface area contributed by atoms with Crippen molar-refractivity contribution in [2.24, 2.45) is 0 Å². The fraction of sp³-hybridized carbons (Fsp3) is 0.538. The van der Waals surface area contributed by atoms with E-state index in [-0.39, 0.29) is 5.91 Å². The van der Waals surface area contributed by atoms with Crippen LogP contribution in [0.2, 0.25) is 0 Å². The summed E-state index contributed by atoms with van der Waals surface area (Å²) in [5.41, 5.74) is 1.16. The number of amides is 1. The predicted octanol–water partition coefficient (Wildman–Crippen LogP) is 1.73. The fourth-order valence-electron chi connectivity index (χ4n) is 1.54. The second-order valence-electron chi connectivity index (χ2n) is 4.57. The molecule has 1 aliphatic carbocycles. The topological polar surface area (TPSA) is 54.0 Å². The first-order valence-corrected chi connectivity index (χ1v) is 7.23. The molecule has 1 saturated carbocycles. The Kier molecular flexibility index (Phi) is 4.60. The van der Waals surface area contributed by atoms with Gasteiger partial charge in [-0.15, -0.1) is 0 Å². The molecule has 0 bridgehead atoms. The van der Waals surface area contributed by atoms with E-state index in [0.29, 0.717) is 17.8 Å². The predicted molar refractivity (Wildman–Crippen MR) is 73.6 cm³/mol. The molecular weight excluding hydrogens is 246 g/mol. The van der Waals surface area contributed by atoms with Gasteiger partial charge in [0.2, 0.25) is 5.91 Å². The van der Waals surface area contributed by atoms with Crippen LogP contribution in [0.3, 0.4) is 0 Å². The van der Waals surface area contributed by atoms with E-state index >= 15 is 0 Å². The van der Waals surface area contributed by atoms with Crippen molar-refractivity contribution >= 4 is 17.7 Å². The average Bonchev–Trinajstić information content (AvgIpc) is 3.20. The minimum Gasteiger partial charge on any atom is -0.353 e. The van der Waals surface area contributed by atoms with Crippen LogP contribution in [-0.2, 0) is 4.79 Å². The first-order chi connectivity index (χ1) is 8.69. The van der Waals surface area contributed by atoms with E-state index in [0.717, 1.165) is 23.4 Å². The monoisotopic (exact) mass is 265 g/mol. The zero-order chi connectivity index (χ0) is 13.0. The van der Waals surface area contributed by atoms with Gasteiger partial charge in [-0.3, -0.25) is 4.79 Å². The second kappa shape index (κ2) is 6.20. The number of hydrogen-bond acceptors (Lipinski definition) is 4. The summed E-state index contributed by atoms with van der Waals surface area (Å²) in [7, 11) is 1.93. The smallest absolute Gasteiger partial charge is 0.230 e. The molecule has 2 rings (SSSR count). The average molecular weight is 265 g/mol. The van der Waals surface area contributed by atoms with Crippen molar-refractivity contribution < 1.29 is 4.79 Å². The van der Waals surface area contributed by atoms with Crippen molar-refractivity contribution in [3.8, 4) is 0 Å². The molecule has 0 radical (unpaired) electrons. The Bertz CT molecular complexity index is 403. The molecule has 1 atom stereocenters. The summed E-state index contributed by atoms with van der Waals surface area (Å²) in [5.74, 6) is 0.557. The van der Waals surface area contributed by atoms with Crippen molar-refractivity contribution in [3.05, 3.63) is 23.9 Å². The molecule has 1 aliphatic rings. The summed E-state index contributed by atoms with van der Waals surface area (Å²) in [4.78, 5) is 15.9. The van der Waals surface area contributed by atoms with Crippen molar-refractivity contribution in [1.29, 1.82) is 0 Å². The Morgan fingerprint density at radius 1 is 1.56 bits per heavy atom. The van der Waals surface area contributed by atoms with Gasteiger partial charge in [0.05, 0.1) is 10.8 Å². The Hall–Kier alpha value is -1.07. The zero-order valence-corrected chi connectivity index (χ0v) is 11.6. The van der Waals surface area contributed by atoms with Crippen LogP contribution < -0.4 is 10.6 Å². The molecule has 18 heavy (non-hydrogen) atoms. The Labute approximate surface area is 112 Å². The zero-order valence-electron chi connectivity index (χ0n) is 10.8. The molecule has 0 saturated heterocycles. The normalized spacial score (nSPS) is 16.3. The summed E-state index contributed by atoms with van der Waals surface area (Å²) in [5, 5.41) is 7.03. The second-order valence-corrected chi connectivity index (χ2v) is 5.57. The molecule has 98 valence electrons. The number of hydrogen-bond donors (Lipinski definition) is 2. The van der Waals surface area contributed by atoms with Crippen LogP contribution in [-0.4, -0.2) is 29.7 Å². The van der Waals surface area contributed by atoms with Gasteiger partial charge < -0.3 is 10.6 Å². The summed E-state index contributed by atoms with van der Waals surface area (Å²) in [6.45, 7) is 2.09. The summed E-state index contributed by atoms with van der Waals surface area (Å²) in [6, 6.07) is 4.76. The highest BCUT2D eigenvalue weighted by Crippen LogP contribution is 2.20. The molecule has 1 amide bonds. The molecule has 1 heterocycles. The van der Waals surface area contributed by atoms with Gasteiger partial charge in [-0.2, -0.15) is 0 Å². The van der Waals surface area contributed by atoms with Gasteiger partial charge >= 0.3 is 0 Å². The van der Waals surface area contributed by atoms with Gasteiger partial charge in [-0.1, -0.05) is 17.8 Å². The standard InChI is InChI=1S/C13H19N3OS/c1-9(14-2)10-3-6-13(15-7-10)18-8-12(17)16-11-4-5-11/h3,6-7,9,11,14H,4-5,8H2,1-2H3,(H,16,17). The summed E-state index contributed by atoms with van der Waals surface area (Å²) in [6.07, 6.45) is 4.12. The van der Waals surface area contributed by atoms with Crippen LogP contribution in [0.4, 0.5) is 0 Å². The number of nitrogens with zero attached hydrogens (tertiary/aromatic N) is 1. The molecule has 1 unspecified atom stereocenters. The van der Waals surface area contributed by atoms with Crippen molar-refractivity contribution in [2.45, 2.75) is 36.9 Å². The van der Waals surface area contributed by atoms with E-state index in [2.05, 4.69) is 28.6 Å². The maximum absolute atomic E-state index is 11.5. The summed E-state index contributed by atoms with van der Waals surface area (Å²) >= 11 is 1.48. The van der Waals surface area contributed by atoms with E-state index < -0.39 is 0 Å². The quantitative estimate of drug-likeness (QED) is 0.769. The third kappa shape index (κ3) is 3.99. The van der Waals surface area contributed by atoms with Crippen molar-refractivity contribution in [3.63, 3.8) is 0 Å². The first-order valence-electron chi connectivity index (χ1n) is 6.24. The first kappa shape index (κ1) is 13.4. The van der Waals surface area contributed by atoms with Gasteiger partial charge in [-0.25, -0.2) is 4.98 Å². The van der Waals surface area contributed by atoms with Crippen LogP contribution >= 0.6 is 11.8 Å². The molecule has 1 fully saturated rings. The third-order valence-electron chi connectivity index (χ3n) is 2.99. The number of thioether (sulfide) groups is 1. The maximum Gasteiger partial charge on any atom is 0.230 e. The number of rotatable bonds is 6. The minimum atomic E-state index is 0.108. The van der Waals surface area contributed by atoms with Gasteiger partial charge in [-0.05, 0) is 38.4 Å². The fourth-order valence-corrected chi connectivity index (χ4v) is 2.19. The van der Waals surface area contributed by atoms with Gasteiger partial charge in [0, 0.05) is 18.3 Å². The number of carbonyl (C=O) groups excluding carboxylic acids is 1. The van der Waals surface area contributed by atoms with Crippen LogP contribution in [0.25, 0.3) is 0 Å². The van der Waals surface area contributed by atoms with Crippen LogP contribution in [0, 0.1) is 0 Å². The number of carbonyl (C=O) groups is 1. The SMILES string of the molecule is CNC(C)c1ccc(SCC(=O)NC2CC2)nc1. The highest BCUT2D eigenvalue weighted by molar-refractivity contribution is 7.99. The minimum absolute atomic E-state index is 0.108. The van der Waals surface area contributed by atoms with Gasteiger partial charge in [0.15, 0.2) is 0 Å². The molecular formula is C13H19N3OS. The Morgan fingerprint density at radius 3 is 2.89 bits per heavy atom. The Morgan fingerprint density at radius 2 is 2.33 bits per heavy atom. The molecule has 1 aromatic heterocycles. The molecule has 5 heteroatoms. The lowest BCUT2D eigenvalue weighted by atomic mass is 10.1. The molecule has 1 aromatic rings. The van der Waals surface area contributed by atoms with Gasteiger partial charge in [0.1, 0.15) is 0 Å². The highest BCUT2D eigenvalue weighted by atomic mass is 32.2. The van der Waals surface area contributed by atoms with Gasteiger partial charge in [0.25, 0.3) is 0 Å².